The second-order valence-corrected chi connectivity index (χ2v) is 7.22. The third-order valence-electron chi connectivity index (χ3n) is 4.08. The first-order valence-corrected chi connectivity index (χ1v) is 9.55. The highest BCUT2D eigenvalue weighted by molar-refractivity contribution is 7.07. The lowest BCUT2D eigenvalue weighted by Crippen LogP contribution is -2.14. The van der Waals surface area contributed by atoms with E-state index >= 15 is 0 Å². The Morgan fingerprint density at radius 1 is 1.11 bits per heavy atom. The molecule has 2 aromatic carbocycles. The number of hydrogen-bond donors (Lipinski definition) is 1. The van der Waals surface area contributed by atoms with Crippen molar-refractivity contribution in [1.82, 2.24) is 4.68 Å². The van der Waals surface area contributed by atoms with Crippen molar-refractivity contribution < 1.29 is 9.52 Å². The summed E-state index contributed by atoms with van der Waals surface area (Å²) in [6, 6.07) is 15.4. The van der Waals surface area contributed by atoms with Crippen LogP contribution in [0.5, 0.6) is 5.75 Å². The summed E-state index contributed by atoms with van der Waals surface area (Å²) in [5.41, 5.74) is 1.49. The molecule has 0 saturated heterocycles. The van der Waals surface area contributed by atoms with Gasteiger partial charge in [-0.05, 0) is 42.8 Å². The molecular weight excluding hydrogens is 358 g/mol. The molecule has 6 heteroatoms. The first-order chi connectivity index (χ1) is 13.1. The summed E-state index contributed by atoms with van der Waals surface area (Å²) in [5, 5.41) is 19.0. The largest absolute Gasteiger partial charge is 0.507 e. The lowest BCUT2D eigenvalue weighted by Gasteiger charge is -2.06. The number of rotatable bonds is 4. The van der Waals surface area contributed by atoms with E-state index in [1.54, 1.807) is 23.2 Å². The molecule has 0 radical (unpaired) electrons. The predicted octanol–water partition coefficient (Wildman–Crippen LogP) is 4.86. The van der Waals surface area contributed by atoms with E-state index in [2.05, 4.69) is 10.1 Å². The molecule has 2 aromatic heterocycles. The Kier molecular flexibility index (Phi) is 4.64. The zero-order valence-corrected chi connectivity index (χ0v) is 15.9. The Bertz CT molecular complexity index is 1170. The molecular formula is C21H19N3O2S. The fraction of sp³-hybridized carbons (Fsp3) is 0.143. The molecule has 0 bridgehead atoms. The maximum atomic E-state index is 10.4. The van der Waals surface area contributed by atoms with Crippen LogP contribution >= 0.6 is 11.3 Å². The molecule has 4 rings (SSSR count). The lowest BCUT2D eigenvalue weighted by molar-refractivity contribution is 0.475. The molecule has 1 N–H and O–H groups in total. The molecule has 4 aromatic rings. The van der Waals surface area contributed by atoms with Gasteiger partial charge in [0.25, 0.3) is 0 Å². The first-order valence-electron chi connectivity index (χ1n) is 8.67. The monoisotopic (exact) mass is 377 g/mol. The van der Waals surface area contributed by atoms with E-state index in [4.69, 9.17) is 4.42 Å². The normalized spacial score (nSPS) is 12.6. The van der Waals surface area contributed by atoms with Crippen LogP contribution in [0.3, 0.4) is 0 Å². The molecule has 136 valence electrons. The summed E-state index contributed by atoms with van der Waals surface area (Å²) in [4.78, 5) is 5.42. The molecule has 5 nitrogen and oxygen atoms in total. The molecule has 0 unspecified atom stereocenters. The van der Waals surface area contributed by atoms with Crippen molar-refractivity contribution in [3.8, 4) is 17.2 Å². The average Bonchev–Trinajstić information content (AvgIpc) is 3.30. The summed E-state index contributed by atoms with van der Waals surface area (Å²) >= 11 is 1.51. The second-order valence-electron chi connectivity index (χ2n) is 6.38. The molecule has 0 saturated carbocycles. The van der Waals surface area contributed by atoms with Crippen molar-refractivity contribution in [3.63, 3.8) is 0 Å². The highest BCUT2D eigenvalue weighted by atomic mass is 32.1. The topological polar surface area (TPSA) is 63.0 Å². The number of aromatic hydroxyl groups is 1. The van der Waals surface area contributed by atoms with Gasteiger partial charge in [-0.25, -0.2) is 4.68 Å². The van der Waals surface area contributed by atoms with Gasteiger partial charge in [-0.15, -0.1) is 11.3 Å². The van der Waals surface area contributed by atoms with Crippen molar-refractivity contribution in [2.75, 3.05) is 0 Å². The van der Waals surface area contributed by atoms with Gasteiger partial charge in [0, 0.05) is 17.0 Å². The Morgan fingerprint density at radius 2 is 1.96 bits per heavy atom. The number of benzene rings is 2. The van der Waals surface area contributed by atoms with Crippen LogP contribution in [0.1, 0.15) is 19.4 Å². The van der Waals surface area contributed by atoms with Crippen LogP contribution < -0.4 is 4.80 Å². The molecule has 0 fully saturated rings. The Labute approximate surface area is 160 Å². The van der Waals surface area contributed by atoms with Gasteiger partial charge < -0.3 is 9.52 Å². The van der Waals surface area contributed by atoms with Crippen LogP contribution in [-0.4, -0.2) is 22.0 Å². The smallest absolute Gasteiger partial charge is 0.206 e. The number of phenolic OH excluding ortho intramolecular Hbond substituents is 1. The first kappa shape index (κ1) is 17.3. The number of phenols is 1. The van der Waals surface area contributed by atoms with Crippen LogP contribution in [0.2, 0.25) is 0 Å². The van der Waals surface area contributed by atoms with Gasteiger partial charge in [0.15, 0.2) is 5.76 Å². The number of fused-ring (bicyclic) bond motifs is 1. The average molecular weight is 377 g/mol. The van der Waals surface area contributed by atoms with Crippen molar-refractivity contribution >= 4 is 28.3 Å². The highest BCUT2D eigenvalue weighted by Crippen LogP contribution is 2.26. The molecule has 0 aliphatic rings. The van der Waals surface area contributed by atoms with Crippen LogP contribution in [0.25, 0.3) is 22.2 Å². The van der Waals surface area contributed by atoms with Gasteiger partial charge in [-0.3, -0.25) is 4.99 Å². The molecule has 0 aliphatic carbocycles. The highest BCUT2D eigenvalue weighted by Gasteiger charge is 2.11. The number of nitrogens with zero attached hydrogens (tertiary/aromatic N) is 3. The van der Waals surface area contributed by atoms with Crippen LogP contribution in [0.15, 0.2) is 74.7 Å². The van der Waals surface area contributed by atoms with E-state index in [-0.39, 0.29) is 11.8 Å². The van der Waals surface area contributed by atoms with Gasteiger partial charge in [0.1, 0.15) is 11.4 Å². The van der Waals surface area contributed by atoms with Crippen molar-refractivity contribution in [2.45, 2.75) is 19.9 Å². The van der Waals surface area contributed by atoms with Gasteiger partial charge in [0.05, 0.1) is 12.5 Å². The summed E-state index contributed by atoms with van der Waals surface area (Å²) in [6.45, 7) is 4.05. The third kappa shape index (κ3) is 3.44. The minimum absolute atomic E-state index is 0.139. The van der Waals surface area contributed by atoms with E-state index < -0.39 is 0 Å². The van der Waals surface area contributed by atoms with Gasteiger partial charge in [-0.1, -0.05) is 30.3 Å². The number of aromatic nitrogens is 1. The van der Waals surface area contributed by atoms with Gasteiger partial charge in [-0.2, -0.15) is 5.10 Å². The van der Waals surface area contributed by atoms with Crippen LogP contribution in [0, 0.1) is 0 Å². The third-order valence-corrected chi connectivity index (χ3v) is 4.91. The fourth-order valence-corrected chi connectivity index (χ4v) is 3.80. The van der Waals surface area contributed by atoms with Gasteiger partial charge >= 0.3 is 0 Å². The summed E-state index contributed by atoms with van der Waals surface area (Å²) in [7, 11) is 0. The van der Waals surface area contributed by atoms with E-state index in [0.29, 0.717) is 5.56 Å². The number of furan rings is 1. The molecule has 0 aliphatic heterocycles. The standard InChI is InChI=1S/C21H19N3O2S/c1-14(2)23-21-24(18(13-27-21)20-8-5-11-26-20)22-12-17-16-7-4-3-6-15(16)9-10-19(17)25/h3-14,25H,1-2H3. The zero-order valence-electron chi connectivity index (χ0n) is 15.0. The molecule has 2 heterocycles. The summed E-state index contributed by atoms with van der Waals surface area (Å²) < 4.78 is 7.30. The number of thiazole rings is 1. The Balaban J connectivity index is 1.88. The van der Waals surface area contributed by atoms with Gasteiger partial charge in [0.2, 0.25) is 4.80 Å². The summed E-state index contributed by atoms with van der Waals surface area (Å²) in [6.07, 6.45) is 3.31. The zero-order chi connectivity index (χ0) is 18.8. The van der Waals surface area contributed by atoms with Crippen molar-refractivity contribution in [1.29, 1.82) is 0 Å². The molecule has 0 amide bonds. The second kappa shape index (κ2) is 7.25. The predicted molar refractivity (Wildman–Crippen MR) is 109 cm³/mol. The van der Waals surface area contributed by atoms with Crippen LogP contribution in [0.4, 0.5) is 0 Å². The Hall–Kier alpha value is -3.12. The maximum Gasteiger partial charge on any atom is 0.206 e. The summed E-state index contributed by atoms with van der Waals surface area (Å²) in [5.74, 6) is 0.908. The molecule has 0 spiro atoms. The minimum atomic E-state index is 0.139. The SMILES string of the molecule is CC(C)N=c1scc(-c2ccco2)n1N=Cc1c(O)ccc2ccccc12. The van der Waals surface area contributed by atoms with Crippen LogP contribution in [-0.2, 0) is 0 Å². The fourth-order valence-electron chi connectivity index (χ4n) is 2.85. The Morgan fingerprint density at radius 3 is 2.74 bits per heavy atom. The van der Waals surface area contributed by atoms with E-state index in [1.807, 2.05) is 61.7 Å². The minimum Gasteiger partial charge on any atom is -0.507 e. The van der Waals surface area contributed by atoms with E-state index in [0.717, 1.165) is 27.0 Å². The number of hydrogen-bond acceptors (Lipinski definition) is 5. The molecule has 0 atom stereocenters. The molecule has 27 heavy (non-hydrogen) atoms. The quantitative estimate of drug-likeness (QED) is 0.516. The van der Waals surface area contributed by atoms with E-state index in [9.17, 15) is 5.11 Å². The van der Waals surface area contributed by atoms with Crippen molar-refractivity contribution in [2.24, 2.45) is 10.1 Å². The lowest BCUT2D eigenvalue weighted by atomic mass is 10.0. The van der Waals surface area contributed by atoms with Crippen molar-refractivity contribution in [3.05, 3.63) is 70.5 Å². The van der Waals surface area contributed by atoms with E-state index in [1.165, 1.54) is 11.3 Å². The maximum absolute atomic E-state index is 10.4.